The van der Waals surface area contributed by atoms with Gasteiger partial charge >= 0.3 is 5.97 Å². The molecule has 0 atom stereocenters. The normalized spacial score (nSPS) is 11.3. The molecular weight excluding hydrogens is 370 g/mol. The lowest BCUT2D eigenvalue weighted by molar-refractivity contribution is -0.139. The lowest BCUT2D eigenvalue weighted by Gasteiger charge is -2.05. The number of hydrogen-bond donors (Lipinski definition) is 1. The van der Waals surface area contributed by atoms with Gasteiger partial charge in [0.25, 0.3) is 5.56 Å². The van der Waals surface area contributed by atoms with Crippen LogP contribution in [0, 0.1) is 0 Å². The quantitative estimate of drug-likeness (QED) is 0.492. The summed E-state index contributed by atoms with van der Waals surface area (Å²) in [6.07, 6.45) is 0.463. The number of carbonyl (C=O) groups excluding carboxylic acids is 1. The first-order valence-corrected chi connectivity index (χ1v) is 9.25. The van der Waals surface area contributed by atoms with Crippen LogP contribution < -0.4 is 10.3 Å². The zero-order chi connectivity index (χ0) is 20.8. The van der Waals surface area contributed by atoms with Crippen LogP contribution in [0.5, 0.6) is 5.75 Å². The van der Waals surface area contributed by atoms with E-state index in [1.165, 1.54) is 11.8 Å². The molecule has 0 unspecified atom stereocenters. The van der Waals surface area contributed by atoms with E-state index < -0.39 is 5.97 Å². The highest BCUT2D eigenvalue weighted by molar-refractivity contribution is 6.03. The molecule has 0 radical (unpaired) electrons. The van der Waals surface area contributed by atoms with Crippen LogP contribution in [0.25, 0.3) is 5.69 Å². The van der Waals surface area contributed by atoms with Crippen molar-refractivity contribution in [3.05, 3.63) is 76.2 Å². The Morgan fingerprint density at radius 1 is 1.07 bits per heavy atom. The van der Waals surface area contributed by atoms with E-state index in [9.17, 15) is 9.59 Å². The van der Waals surface area contributed by atoms with Gasteiger partial charge < -0.3 is 9.47 Å². The van der Waals surface area contributed by atoms with E-state index in [-0.39, 0.29) is 12.0 Å². The summed E-state index contributed by atoms with van der Waals surface area (Å²) < 4.78 is 11.4. The summed E-state index contributed by atoms with van der Waals surface area (Å²) in [6, 6.07) is 16.4. The van der Waals surface area contributed by atoms with Crippen LogP contribution in [0.15, 0.2) is 64.4 Å². The summed E-state index contributed by atoms with van der Waals surface area (Å²) in [5.41, 5.74) is 2.56. The summed E-state index contributed by atoms with van der Waals surface area (Å²) in [7, 11) is 2.92. The van der Waals surface area contributed by atoms with Crippen molar-refractivity contribution in [3.8, 4) is 11.4 Å². The zero-order valence-electron chi connectivity index (χ0n) is 16.6. The molecule has 150 valence electrons. The molecule has 2 aromatic carbocycles. The zero-order valence-corrected chi connectivity index (χ0v) is 16.6. The van der Waals surface area contributed by atoms with Gasteiger partial charge in [0, 0.05) is 0 Å². The first-order valence-electron chi connectivity index (χ1n) is 9.25. The number of H-pyrrole nitrogens is 1. The lowest BCUT2D eigenvalue weighted by Crippen LogP contribution is -2.21. The van der Waals surface area contributed by atoms with Crippen LogP contribution in [0.2, 0.25) is 0 Å². The first-order chi connectivity index (χ1) is 14.1. The Kier molecular flexibility index (Phi) is 6.29. The van der Waals surface area contributed by atoms with E-state index in [0.717, 1.165) is 5.75 Å². The van der Waals surface area contributed by atoms with Crippen molar-refractivity contribution in [2.45, 2.75) is 19.8 Å². The Morgan fingerprint density at radius 3 is 2.34 bits per heavy atom. The van der Waals surface area contributed by atoms with Gasteiger partial charge in [0.05, 0.1) is 49.0 Å². The standard InChI is InChI=1S/C22H23N3O4/c1-4-18(23-15-10-12-17(28-2)13-11-15)21-19(14-20(26)29-3)24-25(22(21)27)16-8-6-5-7-9-16/h5-13,24H,4,14H2,1-3H3. The smallest absolute Gasteiger partial charge is 0.311 e. The van der Waals surface area contributed by atoms with E-state index in [1.807, 2.05) is 49.4 Å². The van der Waals surface area contributed by atoms with Gasteiger partial charge in [0.15, 0.2) is 0 Å². The van der Waals surface area contributed by atoms with Crippen molar-refractivity contribution in [2.75, 3.05) is 14.2 Å². The van der Waals surface area contributed by atoms with Crippen molar-refractivity contribution in [1.29, 1.82) is 0 Å². The Labute approximate surface area is 168 Å². The average Bonchev–Trinajstić information content (AvgIpc) is 3.08. The number of rotatable bonds is 7. The highest BCUT2D eigenvalue weighted by atomic mass is 16.5. The molecule has 0 aliphatic carbocycles. The number of para-hydroxylation sites is 1. The number of benzene rings is 2. The molecule has 0 saturated heterocycles. The fourth-order valence-corrected chi connectivity index (χ4v) is 3.01. The summed E-state index contributed by atoms with van der Waals surface area (Å²) in [5.74, 6) is 0.286. The van der Waals surface area contributed by atoms with Gasteiger partial charge in [-0.05, 0) is 42.8 Å². The SMILES string of the molecule is CCC(=Nc1ccc(OC)cc1)c1c(CC(=O)OC)[nH]n(-c2ccccc2)c1=O. The number of nitrogens with zero attached hydrogens (tertiary/aromatic N) is 2. The maximum absolute atomic E-state index is 13.2. The number of methoxy groups -OCH3 is 2. The molecule has 0 bridgehead atoms. The van der Waals surface area contributed by atoms with Crippen molar-refractivity contribution in [1.82, 2.24) is 9.78 Å². The minimum Gasteiger partial charge on any atom is -0.497 e. The second-order valence-electron chi connectivity index (χ2n) is 6.30. The third kappa shape index (κ3) is 4.45. The minimum atomic E-state index is -0.437. The number of aromatic amines is 1. The molecule has 3 rings (SSSR count). The number of carbonyl (C=O) groups is 1. The third-order valence-corrected chi connectivity index (χ3v) is 4.49. The van der Waals surface area contributed by atoms with Gasteiger partial charge in [0.1, 0.15) is 5.75 Å². The molecule has 0 saturated carbocycles. The monoisotopic (exact) mass is 393 g/mol. The fourth-order valence-electron chi connectivity index (χ4n) is 3.01. The molecule has 1 aromatic heterocycles. The van der Waals surface area contributed by atoms with Crippen molar-refractivity contribution < 1.29 is 14.3 Å². The maximum atomic E-state index is 13.2. The van der Waals surface area contributed by atoms with E-state index in [0.29, 0.717) is 34.8 Å². The third-order valence-electron chi connectivity index (χ3n) is 4.49. The molecule has 1 heterocycles. The van der Waals surface area contributed by atoms with Crippen LogP contribution >= 0.6 is 0 Å². The van der Waals surface area contributed by atoms with Crippen molar-refractivity contribution in [2.24, 2.45) is 4.99 Å². The molecule has 7 nitrogen and oxygen atoms in total. The number of hydrogen-bond acceptors (Lipinski definition) is 5. The van der Waals surface area contributed by atoms with Gasteiger partial charge in [-0.2, -0.15) is 0 Å². The average molecular weight is 393 g/mol. The highest BCUT2D eigenvalue weighted by Gasteiger charge is 2.21. The second-order valence-corrected chi connectivity index (χ2v) is 6.30. The van der Waals surface area contributed by atoms with Gasteiger partial charge in [-0.15, -0.1) is 0 Å². The van der Waals surface area contributed by atoms with E-state index in [2.05, 4.69) is 10.1 Å². The Bertz CT molecular complexity index is 1060. The highest BCUT2D eigenvalue weighted by Crippen LogP contribution is 2.20. The summed E-state index contributed by atoms with van der Waals surface area (Å²) >= 11 is 0. The van der Waals surface area contributed by atoms with Gasteiger partial charge in [-0.25, -0.2) is 4.68 Å². The lowest BCUT2D eigenvalue weighted by atomic mass is 10.1. The summed E-state index contributed by atoms with van der Waals surface area (Å²) in [4.78, 5) is 29.8. The van der Waals surface area contributed by atoms with Crippen molar-refractivity contribution in [3.63, 3.8) is 0 Å². The second kappa shape index (κ2) is 9.05. The molecule has 7 heteroatoms. The summed E-state index contributed by atoms with van der Waals surface area (Å²) in [5, 5.41) is 3.05. The van der Waals surface area contributed by atoms with E-state index >= 15 is 0 Å². The maximum Gasteiger partial charge on any atom is 0.311 e. The van der Waals surface area contributed by atoms with Crippen molar-refractivity contribution >= 4 is 17.4 Å². The summed E-state index contributed by atoms with van der Waals surface area (Å²) in [6.45, 7) is 1.92. The van der Waals surface area contributed by atoms with Crippen LogP contribution in [0.3, 0.4) is 0 Å². The molecule has 3 aromatic rings. The van der Waals surface area contributed by atoms with Crippen LogP contribution in [-0.4, -0.2) is 35.7 Å². The number of aromatic nitrogens is 2. The Morgan fingerprint density at radius 2 is 1.76 bits per heavy atom. The van der Waals surface area contributed by atoms with Crippen LogP contribution in [0.4, 0.5) is 5.69 Å². The molecule has 0 aliphatic heterocycles. The first kappa shape index (κ1) is 20.1. The molecular formula is C22H23N3O4. The molecule has 0 spiro atoms. The fraction of sp³-hybridized carbons (Fsp3) is 0.227. The molecule has 1 N–H and O–H groups in total. The predicted octanol–water partition coefficient (Wildman–Crippen LogP) is 3.42. The molecule has 0 fully saturated rings. The van der Waals surface area contributed by atoms with Gasteiger partial charge in [-0.3, -0.25) is 19.7 Å². The van der Waals surface area contributed by atoms with Crippen LogP contribution in [0.1, 0.15) is 24.6 Å². The number of aliphatic imine (C=N–C) groups is 1. The largest absolute Gasteiger partial charge is 0.497 e. The van der Waals surface area contributed by atoms with Crippen LogP contribution in [-0.2, 0) is 16.0 Å². The molecule has 29 heavy (non-hydrogen) atoms. The number of nitrogens with one attached hydrogen (secondary N) is 1. The number of ether oxygens (including phenoxy) is 2. The topological polar surface area (TPSA) is 85.7 Å². The minimum absolute atomic E-state index is 0.0530. The molecule has 0 amide bonds. The van der Waals surface area contributed by atoms with E-state index in [1.54, 1.807) is 19.2 Å². The Balaban J connectivity index is 2.13. The van der Waals surface area contributed by atoms with Gasteiger partial charge in [-0.1, -0.05) is 25.1 Å². The predicted molar refractivity (Wildman–Crippen MR) is 112 cm³/mol. The molecule has 0 aliphatic rings. The van der Waals surface area contributed by atoms with E-state index in [4.69, 9.17) is 9.47 Å². The Hall–Kier alpha value is -3.61. The number of esters is 1. The van der Waals surface area contributed by atoms with Gasteiger partial charge in [0.2, 0.25) is 0 Å².